The summed E-state index contributed by atoms with van der Waals surface area (Å²) < 4.78 is 20.1. The summed E-state index contributed by atoms with van der Waals surface area (Å²) in [5.74, 6) is 1.70. The zero-order valence-corrected chi connectivity index (χ0v) is 32.7. The monoisotopic (exact) mass is 761 g/mol. The number of halogens is 1. The van der Waals surface area contributed by atoms with Gasteiger partial charge in [-0.15, -0.1) is 0 Å². The van der Waals surface area contributed by atoms with Crippen LogP contribution in [0.15, 0.2) is 47.2 Å². The van der Waals surface area contributed by atoms with Crippen molar-refractivity contribution < 1.29 is 9.30 Å². The molecule has 0 aliphatic carbocycles. The van der Waals surface area contributed by atoms with Crippen LogP contribution in [0.4, 0.5) is 28.8 Å². The number of hydrogen-bond donors (Lipinski definition) is 2. The van der Waals surface area contributed by atoms with E-state index in [1.165, 1.54) is 37.2 Å². The van der Waals surface area contributed by atoms with Gasteiger partial charge in [-0.25, -0.2) is 9.97 Å². The quantitative estimate of drug-likeness (QED) is 0.166. The molecule has 2 fully saturated rings. The lowest BCUT2D eigenvalue weighted by Crippen LogP contribution is -2.52. The van der Waals surface area contributed by atoms with Crippen LogP contribution >= 0.6 is 23.1 Å². The molecular formula is C37H49BrN9O2P. The van der Waals surface area contributed by atoms with E-state index in [0.29, 0.717) is 33.3 Å². The van der Waals surface area contributed by atoms with Crippen LogP contribution in [0.2, 0.25) is 0 Å². The molecule has 4 heterocycles. The van der Waals surface area contributed by atoms with E-state index < -0.39 is 7.14 Å². The molecule has 13 heteroatoms. The minimum Gasteiger partial charge on any atom is -0.494 e. The molecule has 266 valence electrons. The first-order valence-corrected chi connectivity index (χ1v) is 20.8. The summed E-state index contributed by atoms with van der Waals surface area (Å²) in [7, 11) is 1.22. The Kier molecular flexibility index (Phi) is 11.1. The lowest BCUT2D eigenvalue weighted by Gasteiger charge is -2.43. The number of methoxy groups -OCH3 is 1. The van der Waals surface area contributed by atoms with Crippen molar-refractivity contribution in [2.45, 2.75) is 46.1 Å². The van der Waals surface area contributed by atoms with Crippen LogP contribution in [0.5, 0.6) is 5.75 Å². The van der Waals surface area contributed by atoms with E-state index in [1.54, 1.807) is 32.8 Å². The van der Waals surface area contributed by atoms with Gasteiger partial charge in [-0.3, -0.25) is 9.88 Å². The van der Waals surface area contributed by atoms with Gasteiger partial charge in [-0.1, -0.05) is 13.0 Å². The topological polar surface area (TPSA) is 112 Å². The van der Waals surface area contributed by atoms with E-state index in [2.05, 4.69) is 77.3 Å². The van der Waals surface area contributed by atoms with Gasteiger partial charge in [0.2, 0.25) is 5.95 Å². The number of ether oxygens (including phenoxy) is 1. The molecule has 0 saturated carbocycles. The first-order valence-electron chi connectivity index (χ1n) is 17.4. The number of aryl methyl sites for hydroxylation is 3. The van der Waals surface area contributed by atoms with Crippen LogP contribution in [0, 0.1) is 13.8 Å². The highest BCUT2D eigenvalue weighted by atomic mass is 79.9. The van der Waals surface area contributed by atoms with Crippen LogP contribution in [-0.4, -0.2) is 103 Å². The molecule has 0 amide bonds. The highest BCUT2D eigenvalue weighted by Gasteiger charge is 2.28. The number of piperidine rings is 1. The predicted molar refractivity (Wildman–Crippen MR) is 209 cm³/mol. The summed E-state index contributed by atoms with van der Waals surface area (Å²) in [6.07, 6.45) is 6.70. The molecule has 2 saturated heterocycles. The summed E-state index contributed by atoms with van der Waals surface area (Å²) >= 11 is 3.61. The summed E-state index contributed by atoms with van der Waals surface area (Å²) in [6, 6.07) is 10.8. The van der Waals surface area contributed by atoms with Crippen molar-refractivity contribution >= 4 is 57.2 Å². The van der Waals surface area contributed by atoms with Crippen molar-refractivity contribution in [1.82, 2.24) is 29.7 Å². The fourth-order valence-electron chi connectivity index (χ4n) is 6.80. The Morgan fingerprint density at radius 1 is 0.920 bits per heavy atom. The highest BCUT2D eigenvalue weighted by Crippen LogP contribution is 2.41. The molecule has 2 aliphatic heterocycles. The zero-order valence-electron chi connectivity index (χ0n) is 30.3. The Balaban J connectivity index is 1.21. The Morgan fingerprint density at radius 3 is 2.32 bits per heavy atom. The Morgan fingerprint density at radius 2 is 1.66 bits per heavy atom. The van der Waals surface area contributed by atoms with Gasteiger partial charge in [0.1, 0.15) is 18.7 Å². The smallest absolute Gasteiger partial charge is 0.229 e. The minimum atomic E-state index is -2.70. The maximum absolute atomic E-state index is 13.5. The fourth-order valence-corrected chi connectivity index (χ4v) is 8.25. The first-order chi connectivity index (χ1) is 23.9. The molecule has 0 radical (unpaired) electrons. The zero-order chi connectivity index (χ0) is 35.6. The molecule has 6 rings (SSSR count). The molecule has 11 nitrogen and oxygen atoms in total. The number of benzene rings is 2. The molecule has 50 heavy (non-hydrogen) atoms. The van der Waals surface area contributed by atoms with Crippen molar-refractivity contribution in [3.05, 3.63) is 64.1 Å². The van der Waals surface area contributed by atoms with Crippen molar-refractivity contribution in [3.8, 4) is 17.0 Å². The molecule has 0 bridgehead atoms. The summed E-state index contributed by atoms with van der Waals surface area (Å²) in [5, 5.41) is 7.53. The normalized spacial score (nSPS) is 16.4. The SMILES string of the molecule is CCc1cc(Nc2ncc(Br)c(Nc3ccc(-c4cnc(C)c(C)n4)cc3P(C)(C)=O)n2)c(OC)cc1N1CCC(N2CCN(C)CC2)CC1. The number of hydrogen-bond acceptors (Lipinski definition) is 11. The summed E-state index contributed by atoms with van der Waals surface area (Å²) in [5.41, 5.74) is 7.35. The molecule has 0 spiro atoms. The Labute approximate surface area is 304 Å². The van der Waals surface area contributed by atoms with Crippen LogP contribution in [0.25, 0.3) is 11.3 Å². The van der Waals surface area contributed by atoms with Gasteiger partial charge >= 0.3 is 0 Å². The van der Waals surface area contributed by atoms with Gasteiger partial charge < -0.3 is 29.7 Å². The molecule has 0 atom stereocenters. The first kappa shape index (κ1) is 36.2. The van der Waals surface area contributed by atoms with E-state index in [1.807, 2.05) is 32.0 Å². The number of aromatic nitrogens is 4. The number of rotatable bonds is 10. The largest absolute Gasteiger partial charge is 0.494 e. The van der Waals surface area contributed by atoms with E-state index in [-0.39, 0.29) is 0 Å². The van der Waals surface area contributed by atoms with Crippen LogP contribution in [-0.2, 0) is 11.0 Å². The number of nitrogens with zero attached hydrogens (tertiary/aromatic N) is 7. The van der Waals surface area contributed by atoms with Crippen LogP contribution < -0.4 is 25.6 Å². The third-order valence-electron chi connectivity index (χ3n) is 9.95. The standard InChI is InChI=1S/C37H49BrN9O2P/c1-8-26-19-31(34(49-5)21-33(26)47-13-11-28(12-14-47)46-17-15-45(4)16-18-46)43-37-40-22-29(38)36(44-37)42-30-10-9-27(20-35(30)50(6,7)48)32-23-39-24(2)25(3)41-32/h9-10,19-23,28H,8,11-18H2,1-7H3,(H2,40,42,43,44). The number of piperazine rings is 1. The van der Waals surface area contributed by atoms with Gasteiger partial charge in [-0.2, -0.15) is 4.98 Å². The summed E-state index contributed by atoms with van der Waals surface area (Å²) in [4.78, 5) is 26.2. The van der Waals surface area contributed by atoms with Gasteiger partial charge in [-0.05, 0) is 93.2 Å². The lowest BCUT2D eigenvalue weighted by molar-refractivity contribution is 0.0982. The molecule has 0 unspecified atom stereocenters. The van der Waals surface area contributed by atoms with E-state index in [0.717, 1.165) is 66.7 Å². The lowest BCUT2D eigenvalue weighted by atomic mass is 9.99. The third-order valence-corrected chi connectivity index (χ3v) is 12.1. The molecule has 2 aromatic heterocycles. The molecular weight excluding hydrogens is 713 g/mol. The van der Waals surface area contributed by atoms with Crippen molar-refractivity contribution in [1.29, 1.82) is 0 Å². The second-order valence-corrected chi connectivity index (χ2v) is 17.8. The van der Waals surface area contributed by atoms with Gasteiger partial charge in [0.15, 0.2) is 0 Å². The number of likely N-dealkylation sites (N-methyl/N-ethyl adjacent to an activating group) is 1. The van der Waals surface area contributed by atoms with E-state index in [4.69, 9.17) is 14.7 Å². The van der Waals surface area contributed by atoms with Gasteiger partial charge in [0, 0.05) is 74.1 Å². The van der Waals surface area contributed by atoms with E-state index in [9.17, 15) is 4.57 Å². The third kappa shape index (κ3) is 8.15. The van der Waals surface area contributed by atoms with Crippen LogP contribution in [0.1, 0.15) is 36.7 Å². The number of nitrogens with one attached hydrogen (secondary N) is 2. The number of anilines is 5. The second kappa shape index (κ2) is 15.4. The Bertz CT molecular complexity index is 1890. The highest BCUT2D eigenvalue weighted by molar-refractivity contribution is 9.10. The maximum atomic E-state index is 13.5. The maximum Gasteiger partial charge on any atom is 0.229 e. The van der Waals surface area contributed by atoms with Crippen molar-refractivity contribution in [3.63, 3.8) is 0 Å². The molecule has 4 aromatic rings. The molecule has 2 aliphatic rings. The van der Waals surface area contributed by atoms with Crippen molar-refractivity contribution in [2.75, 3.05) is 82.3 Å². The predicted octanol–water partition coefficient (Wildman–Crippen LogP) is 6.84. The van der Waals surface area contributed by atoms with Gasteiger partial charge in [0.25, 0.3) is 0 Å². The Hall–Kier alpha value is -3.57. The average molecular weight is 763 g/mol. The average Bonchev–Trinajstić information content (AvgIpc) is 3.11. The molecule has 2 N–H and O–H groups in total. The van der Waals surface area contributed by atoms with Crippen molar-refractivity contribution in [2.24, 2.45) is 0 Å². The fraction of sp³-hybridized carbons (Fsp3) is 0.459. The van der Waals surface area contributed by atoms with E-state index >= 15 is 0 Å². The minimum absolute atomic E-state index is 0.413. The molecule has 2 aromatic carbocycles. The van der Waals surface area contributed by atoms with Crippen LogP contribution in [0.3, 0.4) is 0 Å². The second-order valence-electron chi connectivity index (χ2n) is 13.7. The summed E-state index contributed by atoms with van der Waals surface area (Å²) in [6.45, 7) is 16.3. The van der Waals surface area contributed by atoms with Gasteiger partial charge in [0.05, 0.1) is 46.2 Å².